The lowest BCUT2D eigenvalue weighted by molar-refractivity contribution is -0.152. The number of rotatable bonds is 6. The number of hydrogen-bond acceptors (Lipinski definition) is 3. The third kappa shape index (κ3) is 7.22. The highest BCUT2D eigenvalue weighted by atomic mass is 127. The van der Waals surface area contributed by atoms with Crippen LogP contribution in [0.2, 0.25) is 0 Å². The summed E-state index contributed by atoms with van der Waals surface area (Å²) in [6, 6.07) is 10.6. The minimum Gasteiger partial charge on any atom is -0.459 e. The molecule has 0 aliphatic heterocycles. The van der Waals surface area contributed by atoms with E-state index < -0.39 is 5.60 Å². The normalized spacial score (nSPS) is 15.8. The lowest BCUT2D eigenvalue weighted by Crippen LogP contribution is -2.41. The van der Waals surface area contributed by atoms with Crippen molar-refractivity contribution in [1.29, 1.82) is 0 Å². The van der Waals surface area contributed by atoms with Gasteiger partial charge in [-0.15, -0.1) is 24.0 Å². The maximum absolute atomic E-state index is 11.8. The van der Waals surface area contributed by atoms with Crippen molar-refractivity contribution < 1.29 is 9.53 Å². The van der Waals surface area contributed by atoms with Crippen LogP contribution in [0.5, 0.6) is 0 Å². The number of nitrogens with one attached hydrogen (secondary N) is 2. The molecule has 25 heavy (non-hydrogen) atoms. The third-order valence-corrected chi connectivity index (χ3v) is 3.96. The summed E-state index contributed by atoms with van der Waals surface area (Å²) in [7, 11) is 0. The van der Waals surface area contributed by atoms with Crippen molar-refractivity contribution in [1.82, 2.24) is 10.6 Å². The molecular formula is C19H30IN3O2. The highest BCUT2D eigenvalue weighted by molar-refractivity contribution is 14.0. The van der Waals surface area contributed by atoms with Gasteiger partial charge in [0.05, 0.1) is 0 Å². The van der Waals surface area contributed by atoms with Crippen molar-refractivity contribution in [2.24, 2.45) is 4.99 Å². The van der Waals surface area contributed by atoms with Crippen molar-refractivity contribution in [3.63, 3.8) is 0 Å². The lowest BCUT2D eigenvalue weighted by atomic mass is 9.96. The molecule has 0 heterocycles. The van der Waals surface area contributed by atoms with E-state index in [1.807, 2.05) is 33.8 Å². The van der Waals surface area contributed by atoms with Crippen molar-refractivity contribution in [3.05, 3.63) is 35.9 Å². The molecule has 0 radical (unpaired) electrons. The Morgan fingerprint density at radius 1 is 1.20 bits per heavy atom. The Labute approximate surface area is 168 Å². The number of ether oxygens (including phenoxy) is 1. The van der Waals surface area contributed by atoms with E-state index in [2.05, 4.69) is 39.9 Å². The molecule has 5 nitrogen and oxygen atoms in total. The molecule has 2 N–H and O–H groups in total. The predicted octanol–water partition coefficient (Wildman–Crippen LogP) is 3.23. The van der Waals surface area contributed by atoms with Crippen molar-refractivity contribution >= 4 is 35.9 Å². The standard InChI is InChI=1S/C19H29N3O2.HI/c1-5-20-17(21-13-16(23)24-18(2,3)4)22-14-19(11-12-19)15-9-7-6-8-10-15;/h6-10H,5,11-14H2,1-4H3,(H2,20,21,22);1H. The second-order valence-corrected chi connectivity index (χ2v) is 7.28. The SMILES string of the molecule is CCNC(=NCC(=O)OC(C)(C)C)NCC1(c2ccccc2)CC1.I. The summed E-state index contributed by atoms with van der Waals surface area (Å²) >= 11 is 0. The van der Waals surface area contributed by atoms with Crippen LogP contribution >= 0.6 is 24.0 Å². The Balaban J connectivity index is 0.00000312. The third-order valence-electron chi connectivity index (χ3n) is 3.96. The van der Waals surface area contributed by atoms with Gasteiger partial charge in [-0.1, -0.05) is 30.3 Å². The van der Waals surface area contributed by atoms with Crippen LogP contribution in [0.25, 0.3) is 0 Å². The highest BCUT2D eigenvalue weighted by Crippen LogP contribution is 2.47. The fourth-order valence-electron chi connectivity index (χ4n) is 2.62. The van der Waals surface area contributed by atoms with Gasteiger partial charge in [-0.3, -0.25) is 4.79 Å². The number of halogens is 1. The summed E-state index contributed by atoms with van der Waals surface area (Å²) in [5.74, 6) is 0.342. The zero-order valence-electron chi connectivity index (χ0n) is 15.6. The molecule has 140 valence electrons. The van der Waals surface area contributed by atoms with E-state index in [0.29, 0.717) is 5.96 Å². The Kier molecular flexibility index (Phi) is 8.18. The molecule has 0 atom stereocenters. The Bertz CT molecular complexity index is 578. The number of guanidine groups is 1. The Morgan fingerprint density at radius 2 is 1.84 bits per heavy atom. The number of hydrogen-bond donors (Lipinski definition) is 2. The van der Waals surface area contributed by atoms with Gasteiger partial charge < -0.3 is 15.4 Å². The van der Waals surface area contributed by atoms with Gasteiger partial charge in [0.2, 0.25) is 0 Å². The van der Waals surface area contributed by atoms with E-state index in [9.17, 15) is 4.79 Å². The van der Waals surface area contributed by atoms with E-state index in [4.69, 9.17) is 4.74 Å². The smallest absolute Gasteiger partial charge is 0.328 e. The number of aliphatic imine (C=N–C) groups is 1. The second kappa shape index (κ2) is 9.40. The molecule has 1 aromatic carbocycles. The average molecular weight is 459 g/mol. The maximum atomic E-state index is 11.8. The predicted molar refractivity (Wildman–Crippen MR) is 113 cm³/mol. The topological polar surface area (TPSA) is 62.7 Å². The molecule has 1 aliphatic rings. The number of carbonyl (C=O) groups is 1. The van der Waals surface area contributed by atoms with Gasteiger partial charge in [0.1, 0.15) is 12.1 Å². The highest BCUT2D eigenvalue weighted by Gasteiger charge is 2.44. The van der Waals surface area contributed by atoms with E-state index in [-0.39, 0.29) is 41.9 Å². The molecule has 1 saturated carbocycles. The van der Waals surface area contributed by atoms with Gasteiger partial charge >= 0.3 is 5.97 Å². The molecule has 0 spiro atoms. The number of esters is 1. The molecule has 1 aliphatic carbocycles. The average Bonchev–Trinajstić information content (AvgIpc) is 3.30. The molecule has 0 saturated heterocycles. The quantitative estimate of drug-likeness (QED) is 0.297. The van der Waals surface area contributed by atoms with Gasteiger partial charge in [-0.05, 0) is 46.1 Å². The largest absolute Gasteiger partial charge is 0.459 e. The number of nitrogens with zero attached hydrogens (tertiary/aromatic N) is 1. The Hall–Kier alpha value is -1.31. The van der Waals surface area contributed by atoms with E-state index in [0.717, 1.165) is 13.1 Å². The van der Waals surface area contributed by atoms with E-state index in [1.54, 1.807) is 0 Å². The van der Waals surface area contributed by atoms with Gasteiger partial charge in [0, 0.05) is 18.5 Å². The molecule has 0 amide bonds. The minimum absolute atomic E-state index is 0. The molecule has 0 aromatic heterocycles. The van der Waals surface area contributed by atoms with Gasteiger partial charge in [-0.25, -0.2) is 4.99 Å². The zero-order valence-corrected chi connectivity index (χ0v) is 17.9. The lowest BCUT2D eigenvalue weighted by Gasteiger charge is -2.20. The summed E-state index contributed by atoms with van der Waals surface area (Å²) in [5.41, 5.74) is 1.08. The summed E-state index contributed by atoms with van der Waals surface area (Å²) in [5, 5.41) is 6.55. The van der Waals surface area contributed by atoms with Crippen LogP contribution in [0, 0.1) is 0 Å². The monoisotopic (exact) mass is 459 g/mol. The molecule has 1 aromatic rings. The fraction of sp³-hybridized carbons (Fsp3) is 0.579. The molecule has 2 rings (SSSR count). The number of benzene rings is 1. The van der Waals surface area contributed by atoms with Crippen molar-refractivity contribution in [2.45, 2.75) is 51.6 Å². The summed E-state index contributed by atoms with van der Waals surface area (Å²) in [6.45, 7) is 9.16. The molecule has 6 heteroatoms. The van der Waals surface area contributed by atoms with Crippen LogP contribution in [0.1, 0.15) is 46.1 Å². The molecular weight excluding hydrogens is 429 g/mol. The first-order chi connectivity index (χ1) is 11.3. The van der Waals surface area contributed by atoms with Gasteiger partial charge in [0.15, 0.2) is 5.96 Å². The Morgan fingerprint density at radius 3 is 2.36 bits per heavy atom. The van der Waals surface area contributed by atoms with Crippen LogP contribution in [-0.4, -0.2) is 37.2 Å². The second-order valence-electron chi connectivity index (χ2n) is 7.28. The van der Waals surface area contributed by atoms with Gasteiger partial charge in [0.25, 0.3) is 0 Å². The van der Waals surface area contributed by atoms with Crippen LogP contribution < -0.4 is 10.6 Å². The van der Waals surface area contributed by atoms with Crippen LogP contribution in [0.15, 0.2) is 35.3 Å². The van der Waals surface area contributed by atoms with Gasteiger partial charge in [-0.2, -0.15) is 0 Å². The van der Waals surface area contributed by atoms with E-state index in [1.165, 1.54) is 18.4 Å². The molecule has 0 unspecified atom stereocenters. The fourth-order valence-corrected chi connectivity index (χ4v) is 2.62. The number of carbonyl (C=O) groups excluding carboxylic acids is 1. The maximum Gasteiger partial charge on any atom is 0.328 e. The molecule has 0 bridgehead atoms. The van der Waals surface area contributed by atoms with Crippen LogP contribution in [-0.2, 0) is 14.9 Å². The zero-order chi connectivity index (χ0) is 17.6. The first-order valence-electron chi connectivity index (χ1n) is 8.64. The van der Waals surface area contributed by atoms with Crippen LogP contribution in [0.3, 0.4) is 0 Å². The van der Waals surface area contributed by atoms with Crippen molar-refractivity contribution in [2.75, 3.05) is 19.6 Å². The molecule has 1 fully saturated rings. The van der Waals surface area contributed by atoms with Crippen LogP contribution in [0.4, 0.5) is 0 Å². The minimum atomic E-state index is -0.482. The van der Waals surface area contributed by atoms with Crippen molar-refractivity contribution in [3.8, 4) is 0 Å². The summed E-state index contributed by atoms with van der Waals surface area (Å²) in [4.78, 5) is 16.2. The van der Waals surface area contributed by atoms with E-state index >= 15 is 0 Å². The first kappa shape index (κ1) is 21.7. The summed E-state index contributed by atoms with van der Waals surface area (Å²) in [6.07, 6.45) is 2.35. The first-order valence-corrected chi connectivity index (χ1v) is 8.64. The summed E-state index contributed by atoms with van der Waals surface area (Å²) < 4.78 is 5.29.